The normalized spacial score (nSPS) is 16.7. The van der Waals surface area contributed by atoms with Crippen LogP contribution < -0.4 is 10.9 Å². The lowest BCUT2D eigenvalue weighted by molar-refractivity contribution is -0.122. The second-order valence-corrected chi connectivity index (χ2v) is 6.22. The molecule has 2 aromatic rings. The van der Waals surface area contributed by atoms with Crippen LogP contribution in [-0.2, 0) is 16.1 Å². The summed E-state index contributed by atoms with van der Waals surface area (Å²) in [4.78, 5) is 30.9. The second-order valence-electron chi connectivity index (χ2n) is 6.22. The predicted molar refractivity (Wildman–Crippen MR) is 90.8 cm³/mol. The highest BCUT2D eigenvalue weighted by Gasteiger charge is 2.16. The first-order chi connectivity index (χ1) is 12.0. The molecule has 1 fully saturated rings. The van der Waals surface area contributed by atoms with Gasteiger partial charge in [0.05, 0.1) is 30.4 Å². The molecular weight excluding hydrogens is 327 g/mol. The molecule has 7 nitrogen and oxygen atoms in total. The molecule has 1 atom stereocenters. The number of hydrogen-bond donors (Lipinski definition) is 1. The molecule has 8 heteroatoms. The van der Waals surface area contributed by atoms with Gasteiger partial charge in [0, 0.05) is 25.7 Å². The van der Waals surface area contributed by atoms with Crippen LogP contribution in [0.5, 0.6) is 0 Å². The summed E-state index contributed by atoms with van der Waals surface area (Å²) in [6, 6.07) is 3.78. The first-order valence-electron chi connectivity index (χ1n) is 8.27. The Morgan fingerprint density at radius 2 is 2.16 bits per heavy atom. The maximum Gasteiger partial charge on any atom is 0.261 e. The number of ether oxygens (including phenoxy) is 1. The second kappa shape index (κ2) is 7.71. The van der Waals surface area contributed by atoms with E-state index in [2.05, 4.69) is 15.2 Å². The minimum atomic E-state index is -0.507. The predicted octanol–water partition coefficient (Wildman–Crippen LogP) is 0.373. The van der Waals surface area contributed by atoms with E-state index in [0.717, 1.165) is 25.7 Å². The largest absolute Gasteiger partial charge is 0.379 e. The van der Waals surface area contributed by atoms with Crippen molar-refractivity contribution in [2.75, 3.05) is 32.8 Å². The van der Waals surface area contributed by atoms with Crippen LogP contribution in [0.3, 0.4) is 0 Å². The summed E-state index contributed by atoms with van der Waals surface area (Å²) < 4.78 is 19.8. The van der Waals surface area contributed by atoms with E-state index in [1.807, 2.05) is 6.92 Å². The summed E-state index contributed by atoms with van der Waals surface area (Å²) >= 11 is 0. The number of amides is 1. The highest BCUT2D eigenvalue weighted by molar-refractivity contribution is 5.79. The molecule has 3 rings (SSSR count). The smallest absolute Gasteiger partial charge is 0.261 e. The van der Waals surface area contributed by atoms with Crippen LogP contribution in [0.1, 0.15) is 6.92 Å². The molecule has 0 saturated carbocycles. The highest BCUT2D eigenvalue weighted by atomic mass is 19.1. The fourth-order valence-corrected chi connectivity index (χ4v) is 2.94. The molecule has 0 spiro atoms. The van der Waals surface area contributed by atoms with Crippen molar-refractivity contribution in [1.29, 1.82) is 0 Å². The minimum absolute atomic E-state index is 0.0489. The molecule has 1 amide bonds. The fourth-order valence-electron chi connectivity index (χ4n) is 2.94. The molecule has 1 aliphatic heterocycles. The van der Waals surface area contributed by atoms with Crippen molar-refractivity contribution < 1.29 is 13.9 Å². The summed E-state index contributed by atoms with van der Waals surface area (Å²) in [6.07, 6.45) is 1.31. The molecule has 1 aliphatic rings. The lowest BCUT2D eigenvalue weighted by Gasteiger charge is -2.29. The van der Waals surface area contributed by atoms with Gasteiger partial charge in [-0.1, -0.05) is 0 Å². The lowest BCUT2D eigenvalue weighted by Crippen LogP contribution is -2.47. The first-order valence-corrected chi connectivity index (χ1v) is 8.27. The molecule has 25 heavy (non-hydrogen) atoms. The Morgan fingerprint density at radius 1 is 1.40 bits per heavy atom. The first kappa shape index (κ1) is 17.5. The monoisotopic (exact) mass is 348 g/mol. The summed E-state index contributed by atoms with van der Waals surface area (Å²) in [6.45, 7) is 5.60. The Kier molecular flexibility index (Phi) is 5.40. The molecule has 1 saturated heterocycles. The Balaban J connectivity index is 1.63. The van der Waals surface area contributed by atoms with Crippen molar-refractivity contribution >= 4 is 16.8 Å². The Bertz CT molecular complexity index is 817. The van der Waals surface area contributed by atoms with E-state index < -0.39 is 11.4 Å². The van der Waals surface area contributed by atoms with Gasteiger partial charge >= 0.3 is 0 Å². The average Bonchev–Trinajstić information content (AvgIpc) is 2.58. The maximum atomic E-state index is 13.3. The Morgan fingerprint density at radius 3 is 2.92 bits per heavy atom. The Labute approximate surface area is 144 Å². The number of hydrogen-bond acceptors (Lipinski definition) is 5. The number of carbonyl (C=O) groups is 1. The van der Waals surface area contributed by atoms with E-state index in [1.165, 1.54) is 23.0 Å². The minimum Gasteiger partial charge on any atom is -0.379 e. The fraction of sp³-hybridized carbons (Fsp3) is 0.471. The zero-order chi connectivity index (χ0) is 17.8. The third kappa shape index (κ3) is 4.40. The van der Waals surface area contributed by atoms with Gasteiger partial charge in [-0.15, -0.1) is 0 Å². The quantitative estimate of drug-likeness (QED) is 0.845. The molecular formula is C17H21FN4O3. The van der Waals surface area contributed by atoms with Crippen molar-refractivity contribution in [2.45, 2.75) is 19.5 Å². The molecule has 0 bridgehead atoms. The molecule has 2 heterocycles. The summed E-state index contributed by atoms with van der Waals surface area (Å²) in [7, 11) is 0. The number of fused-ring (bicyclic) bond motifs is 1. The molecule has 134 valence electrons. The molecule has 1 N–H and O–H groups in total. The van der Waals surface area contributed by atoms with Gasteiger partial charge in [0.1, 0.15) is 12.4 Å². The summed E-state index contributed by atoms with van der Waals surface area (Å²) in [5.41, 5.74) is -0.0239. The average molecular weight is 348 g/mol. The van der Waals surface area contributed by atoms with E-state index in [1.54, 1.807) is 0 Å². The van der Waals surface area contributed by atoms with E-state index in [4.69, 9.17) is 4.74 Å². The van der Waals surface area contributed by atoms with Crippen molar-refractivity contribution in [2.24, 2.45) is 0 Å². The van der Waals surface area contributed by atoms with E-state index in [9.17, 15) is 14.0 Å². The van der Waals surface area contributed by atoms with Gasteiger partial charge in [-0.3, -0.25) is 19.1 Å². The standard InChI is InChI=1S/C17H21FN4O3/c1-12(9-21-4-6-25-7-5-21)20-16(23)10-22-11-19-15-3-2-13(18)8-14(15)17(22)24/h2-3,8,11-12H,4-7,9-10H2,1H3,(H,20,23)/t12-/m0/s1. The Hall–Kier alpha value is -2.32. The van der Waals surface area contributed by atoms with Gasteiger partial charge < -0.3 is 10.1 Å². The van der Waals surface area contributed by atoms with Crippen LogP contribution in [0.4, 0.5) is 4.39 Å². The van der Waals surface area contributed by atoms with Gasteiger partial charge in [0.2, 0.25) is 5.91 Å². The van der Waals surface area contributed by atoms with Crippen molar-refractivity contribution in [3.63, 3.8) is 0 Å². The van der Waals surface area contributed by atoms with Crippen LogP contribution in [0.15, 0.2) is 29.3 Å². The van der Waals surface area contributed by atoms with Crippen LogP contribution in [-0.4, -0.2) is 59.2 Å². The van der Waals surface area contributed by atoms with E-state index in [-0.39, 0.29) is 23.9 Å². The van der Waals surface area contributed by atoms with Gasteiger partial charge in [-0.05, 0) is 25.1 Å². The number of nitrogens with one attached hydrogen (secondary N) is 1. The number of aromatic nitrogens is 2. The third-order valence-electron chi connectivity index (χ3n) is 4.14. The number of nitrogens with zero attached hydrogens (tertiary/aromatic N) is 3. The van der Waals surface area contributed by atoms with E-state index in [0.29, 0.717) is 18.7 Å². The summed E-state index contributed by atoms with van der Waals surface area (Å²) in [5.74, 6) is -0.784. The van der Waals surface area contributed by atoms with Gasteiger partial charge in [-0.2, -0.15) is 0 Å². The number of carbonyl (C=O) groups excluding carboxylic acids is 1. The van der Waals surface area contributed by atoms with Crippen LogP contribution in [0.25, 0.3) is 10.9 Å². The highest BCUT2D eigenvalue weighted by Crippen LogP contribution is 2.08. The SMILES string of the molecule is C[C@@H](CN1CCOCC1)NC(=O)Cn1cnc2ccc(F)cc2c1=O. The molecule has 0 aliphatic carbocycles. The number of benzene rings is 1. The van der Waals surface area contributed by atoms with Crippen molar-refractivity contribution in [1.82, 2.24) is 19.8 Å². The molecule has 1 aromatic carbocycles. The van der Waals surface area contributed by atoms with Crippen LogP contribution >= 0.6 is 0 Å². The van der Waals surface area contributed by atoms with Gasteiger partial charge in [0.15, 0.2) is 0 Å². The van der Waals surface area contributed by atoms with Crippen molar-refractivity contribution in [3.05, 3.63) is 40.7 Å². The topological polar surface area (TPSA) is 76.5 Å². The third-order valence-corrected chi connectivity index (χ3v) is 4.14. The maximum absolute atomic E-state index is 13.3. The number of halogens is 1. The van der Waals surface area contributed by atoms with E-state index >= 15 is 0 Å². The van der Waals surface area contributed by atoms with Crippen molar-refractivity contribution in [3.8, 4) is 0 Å². The van der Waals surface area contributed by atoms with Gasteiger partial charge in [0.25, 0.3) is 5.56 Å². The lowest BCUT2D eigenvalue weighted by atomic mass is 10.2. The zero-order valence-corrected chi connectivity index (χ0v) is 14.1. The zero-order valence-electron chi connectivity index (χ0n) is 14.1. The molecule has 1 aromatic heterocycles. The molecule has 0 unspecified atom stereocenters. The number of rotatable bonds is 5. The molecule has 0 radical (unpaired) electrons. The van der Waals surface area contributed by atoms with Crippen LogP contribution in [0.2, 0.25) is 0 Å². The summed E-state index contributed by atoms with van der Waals surface area (Å²) in [5, 5.41) is 3.04. The number of morpholine rings is 1. The van der Waals surface area contributed by atoms with Gasteiger partial charge in [-0.25, -0.2) is 9.37 Å². The van der Waals surface area contributed by atoms with Crippen LogP contribution in [0, 0.1) is 5.82 Å².